The normalized spacial score (nSPS) is 16.1. The minimum Gasteiger partial charge on any atom is -0.430 e. The summed E-state index contributed by atoms with van der Waals surface area (Å²) in [6.45, 7) is 3.30. The molecule has 0 fully saturated rings. The van der Waals surface area contributed by atoms with E-state index in [2.05, 4.69) is 14.3 Å². The van der Waals surface area contributed by atoms with Crippen LogP contribution in [0.4, 0.5) is 19.2 Å². The molecule has 2 atom stereocenters. The molecule has 0 N–H and O–H groups in total. The number of aryl methyl sites for hydroxylation is 1. The van der Waals surface area contributed by atoms with Crippen LogP contribution in [0, 0.1) is 6.92 Å². The van der Waals surface area contributed by atoms with E-state index in [4.69, 9.17) is 4.42 Å². The van der Waals surface area contributed by atoms with Gasteiger partial charge in [-0.3, -0.25) is 4.98 Å². The molecule has 0 aromatic carbocycles. The average molecular weight is 333 g/mol. The molecule has 0 saturated carbocycles. The molecule has 9 heteroatoms. The van der Waals surface area contributed by atoms with E-state index >= 15 is 0 Å². The predicted octanol–water partition coefficient (Wildman–Crippen LogP) is 3.89. The first kappa shape index (κ1) is 16.5. The Kier molecular flexibility index (Phi) is 4.28. The highest BCUT2D eigenvalue weighted by atomic mass is 32.2. The largest absolute Gasteiger partial charge is 0.433 e. The number of alkyl halides is 3. The second-order valence-corrected chi connectivity index (χ2v) is 7.45. The van der Waals surface area contributed by atoms with Crippen LogP contribution in [-0.4, -0.2) is 20.4 Å². The fourth-order valence-electron chi connectivity index (χ4n) is 1.68. The van der Waals surface area contributed by atoms with Gasteiger partial charge in [-0.2, -0.15) is 18.2 Å². The van der Waals surface area contributed by atoms with Crippen molar-refractivity contribution in [3.05, 3.63) is 41.5 Å². The maximum Gasteiger partial charge on any atom is 0.433 e. The van der Waals surface area contributed by atoms with Crippen molar-refractivity contribution < 1.29 is 21.8 Å². The van der Waals surface area contributed by atoms with Crippen molar-refractivity contribution in [3.63, 3.8) is 0 Å². The molecule has 0 spiro atoms. The Morgan fingerprint density at radius 2 is 2.05 bits per heavy atom. The van der Waals surface area contributed by atoms with Crippen molar-refractivity contribution >= 4 is 15.7 Å². The van der Waals surface area contributed by atoms with Crippen LogP contribution in [-0.2, 0) is 15.9 Å². The fraction of sp³-hybridized carbons (Fsp3) is 0.385. The van der Waals surface area contributed by atoms with Crippen molar-refractivity contribution in [1.82, 2.24) is 9.97 Å². The summed E-state index contributed by atoms with van der Waals surface area (Å²) < 4.78 is 59.1. The first-order valence-electron chi connectivity index (χ1n) is 6.26. The molecule has 2 heterocycles. The van der Waals surface area contributed by atoms with Crippen LogP contribution in [0.15, 0.2) is 33.4 Å². The van der Waals surface area contributed by atoms with Crippen LogP contribution < -0.4 is 0 Å². The lowest BCUT2D eigenvalue weighted by molar-refractivity contribution is -0.141. The SMILES string of the molecule is Cc1coc(N=S(C)(=O)C(C)c2ccc(C(F)(F)F)nc2)n1. The lowest BCUT2D eigenvalue weighted by Gasteiger charge is -2.14. The van der Waals surface area contributed by atoms with E-state index in [0.717, 1.165) is 12.3 Å². The molecule has 5 nitrogen and oxygen atoms in total. The van der Waals surface area contributed by atoms with Crippen LogP contribution in [0.5, 0.6) is 0 Å². The minimum absolute atomic E-state index is 0.0169. The smallest absolute Gasteiger partial charge is 0.430 e. The van der Waals surface area contributed by atoms with E-state index < -0.39 is 26.8 Å². The molecular weight excluding hydrogens is 319 g/mol. The number of pyridine rings is 1. The summed E-state index contributed by atoms with van der Waals surface area (Å²) in [5.74, 6) is 0. The van der Waals surface area contributed by atoms with E-state index in [0.29, 0.717) is 11.3 Å². The summed E-state index contributed by atoms with van der Waals surface area (Å²) in [5.41, 5.74) is -0.00311. The molecule has 0 aliphatic heterocycles. The maximum absolute atomic E-state index is 12.6. The molecule has 0 radical (unpaired) electrons. The number of halogens is 3. The van der Waals surface area contributed by atoms with Gasteiger partial charge in [0.25, 0.3) is 0 Å². The molecule has 2 aromatic heterocycles. The number of oxazole rings is 1. The Bertz CT molecular complexity index is 775. The molecule has 2 unspecified atom stereocenters. The average Bonchev–Trinajstić information content (AvgIpc) is 2.81. The molecule has 2 rings (SSSR count). The van der Waals surface area contributed by atoms with Gasteiger partial charge in [-0.15, -0.1) is 4.36 Å². The van der Waals surface area contributed by atoms with E-state index in [9.17, 15) is 17.4 Å². The van der Waals surface area contributed by atoms with Crippen LogP contribution in [0.3, 0.4) is 0 Å². The summed E-state index contributed by atoms with van der Waals surface area (Å²) in [6.07, 6.45) is -0.671. The standard InChI is InChI=1S/C13H14F3N3O2S/c1-8-7-21-12(18-8)19-22(3,20)9(2)10-4-5-11(17-6-10)13(14,15)16/h4-7,9H,1-3H3. The van der Waals surface area contributed by atoms with Crippen molar-refractivity contribution in [1.29, 1.82) is 0 Å². The molecule has 0 saturated heterocycles. The van der Waals surface area contributed by atoms with Gasteiger partial charge in [-0.25, -0.2) is 4.21 Å². The second kappa shape index (κ2) is 5.71. The summed E-state index contributed by atoms with van der Waals surface area (Å²) in [6, 6.07) is 2.09. The van der Waals surface area contributed by atoms with E-state index in [-0.39, 0.29) is 6.01 Å². The highest BCUT2D eigenvalue weighted by molar-refractivity contribution is 7.93. The van der Waals surface area contributed by atoms with Gasteiger partial charge in [0.05, 0.1) is 20.7 Å². The molecule has 0 aliphatic rings. The molecule has 0 amide bonds. The van der Waals surface area contributed by atoms with Crippen molar-refractivity contribution in [2.45, 2.75) is 25.3 Å². The molecular formula is C13H14F3N3O2S. The number of hydrogen-bond donors (Lipinski definition) is 0. The van der Waals surface area contributed by atoms with E-state index in [1.807, 2.05) is 0 Å². The minimum atomic E-state index is -4.50. The monoisotopic (exact) mass is 333 g/mol. The second-order valence-electron chi connectivity index (χ2n) is 4.84. The Balaban J connectivity index is 2.32. The zero-order chi connectivity index (χ0) is 16.5. The Hall–Kier alpha value is -1.90. The Morgan fingerprint density at radius 1 is 1.36 bits per heavy atom. The van der Waals surface area contributed by atoms with Gasteiger partial charge in [-0.05, 0) is 25.5 Å². The third kappa shape index (κ3) is 3.65. The van der Waals surface area contributed by atoms with Gasteiger partial charge < -0.3 is 4.42 Å². The molecule has 120 valence electrons. The van der Waals surface area contributed by atoms with Gasteiger partial charge in [-0.1, -0.05) is 6.07 Å². The fourth-order valence-corrected chi connectivity index (χ4v) is 2.88. The quantitative estimate of drug-likeness (QED) is 0.854. The third-order valence-electron chi connectivity index (χ3n) is 3.07. The first-order valence-corrected chi connectivity index (χ1v) is 8.24. The highest BCUT2D eigenvalue weighted by Crippen LogP contribution is 2.30. The summed E-state index contributed by atoms with van der Waals surface area (Å²) in [5, 5.41) is -0.630. The number of rotatable bonds is 3. The van der Waals surface area contributed by atoms with Gasteiger partial charge in [0.1, 0.15) is 12.0 Å². The van der Waals surface area contributed by atoms with Gasteiger partial charge >= 0.3 is 12.2 Å². The van der Waals surface area contributed by atoms with E-state index in [1.54, 1.807) is 13.8 Å². The number of aromatic nitrogens is 2. The molecule has 22 heavy (non-hydrogen) atoms. The van der Waals surface area contributed by atoms with Crippen LogP contribution >= 0.6 is 0 Å². The first-order chi connectivity index (χ1) is 10.1. The number of nitrogens with zero attached hydrogens (tertiary/aromatic N) is 3. The van der Waals surface area contributed by atoms with Crippen molar-refractivity contribution in [2.75, 3.05) is 6.26 Å². The van der Waals surface area contributed by atoms with Crippen molar-refractivity contribution in [2.24, 2.45) is 4.36 Å². The Labute approximate surface area is 125 Å². The van der Waals surface area contributed by atoms with Crippen LogP contribution in [0.2, 0.25) is 0 Å². The molecule has 0 aliphatic carbocycles. The topological polar surface area (TPSA) is 68.3 Å². The van der Waals surface area contributed by atoms with Gasteiger partial charge in [0.15, 0.2) is 0 Å². The zero-order valence-corrected chi connectivity index (χ0v) is 12.9. The summed E-state index contributed by atoms with van der Waals surface area (Å²) in [7, 11) is -2.80. The maximum atomic E-state index is 12.6. The summed E-state index contributed by atoms with van der Waals surface area (Å²) >= 11 is 0. The lowest BCUT2D eigenvalue weighted by atomic mass is 10.2. The predicted molar refractivity (Wildman–Crippen MR) is 75.0 cm³/mol. The third-order valence-corrected chi connectivity index (χ3v) is 5.17. The Morgan fingerprint density at radius 3 is 2.50 bits per heavy atom. The van der Waals surface area contributed by atoms with Gasteiger partial charge in [0.2, 0.25) is 0 Å². The molecule has 2 aromatic rings. The molecule has 0 bridgehead atoms. The zero-order valence-electron chi connectivity index (χ0n) is 12.1. The lowest BCUT2D eigenvalue weighted by Crippen LogP contribution is -2.11. The number of hydrogen-bond acceptors (Lipinski definition) is 5. The summed E-state index contributed by atoms with van der Waals surface area (Å²) in [4.78, 5) is 7.31. The van der Waals surface area contributed by atoms with Crippen LogP contribution in [0.25, 0.3) is 0 Å². The van der Waals surface area contributed by atoms with Crippen molar-refractivity contribution in [3.8, 4) is 0 Å². The van der Waals surface area contributed by atoms with Gasteiger partial charge in [0, 0.05) is 12.5 Å². The highest BCUT2D eigenvalue weighted by Gasteiger charge is 2.32. The van der Waals surface area contributed by atoms with E-state index in [1.165, 1.54) is 18.6 Å². The van der Waals surface area contributed by atoms with Crippen LogP contribution in [0.1, 0.15) is 29.1 Å².